The SMILES string of the molecule is C#C[C@H](CC(N)=O)NC(=O)C1CCN1. The molecule has 5 nitrogen and oxygen atoms in total. The van der Waals surface area contributed by atoms with Crippen molar-refractivity contribution in [1.29, 1.82) is 0 Å². The van der Waals surface area contributed by atoms with Crippen molar-refractivity contribution >= 4 is 11.8 Å². The first-order valence-electron chi connectivity index (χ1n) is 4.41. The molecule has 0 spiro atoms. The largest absolute Gasteiger partial charge is 0.370 e. The number of terminal acetylenes is 1. The number of amides is 2. The second-order valence-corrected chi connectivity index (χ2v) is 3.19. The van der Waals surface area contributed by atoms with Crippen LogP contribution in [0.2, 0.25) is 0 Å². The highest BCUT2D eigenvalue weighted by Crippen LogP contribution is 2.02. The maximum atomic E-state index is 11.4. The maximum Gasteiger partial charge on any atom is 0.238 e. The van der Waals surface area contributed by atoms with Gasteiger partial charge >= 0.3 is 0 Å². The van der Waals surface area contributed by atoms with E-state index in [1.807, 2.05) is 0 Å². The Bertz CT molecular complexity index is 278. The molecule has 0 aromatic heterocycles. The van der Waals surface area contributed by atoms with E-state index in [1.165, 1.54) is 0 Å². The molecule has 1 rings (SSSR count). The molecule has 14 heavy (non-hydrogen) atoms. The lowest BCUT2D eigenvalue weighted by Crippen LogP contribution is -2.55. The first-order valence-corrected chi connectivity index (χ1v) is 4.41. The zero-order chi connectivity index (χ0) is 10.6. The van der Waals surface area contributed by atoms with Crippen LogP contribution in [0.3, 0.4) is 0 Å². The molecule has 0 saturated carbocycles. The van der Waals surface area contributed by atoms with Gasteiger partial charge in [0.15, 0.2) is 0 Å². The third kappa shape index (κ3) is 2.75. The Hall–Kier alpha value is -1.54. The summed E-state index contributed by atoms with van der Waals surface area (Å²) in [5.74, 6) is 1.62. The summed E-state index contributed by atoms with van der Waals surface area (Å²) in [5.41, 5.74) is 4.97. The molecule has 0 aromatic rings. The van der Waals surface area contributed by atoms with Gasteiger partial charge in [-0.05, 0) is 13.0 Å². The van der Waals surface area contributed by atoms with Crippen molar-refractivity contribution in [2.24, 2.45) is 5.73 Å². The molecule has 1 aliphatic rings. The molecule has 2 amide bonds. The van der Waals surface area contributed by atoms with Crippen molar-refractivity contribution in [2.75, 3.05) is 6.54 Å². The molecule has 0 radical (unpaired) electrons. The van der Waals surface area contributed by atoms with Crippen LogP contribution < -0.4 is 16.4 Å². The van der Waals surface area contributed by atoms with Crippen LogP contribution in [0, 0.1) is 12.3 Å². The number of primary amides is 1. The summed E-state index contributed by atoms with van der Waals surface area (Å²) < 4.78 is 0. The molecular weight excluding hydrogens is 182 g/mol. The van der Waals surface area contributed by atoms with Crippen LogP contribution in [0.1, 0.15) is 12.8 Å². The molecule has 1 heterocycles. The van der Waals surface area contributed by atoms with Crippen LogP contribution in [0.4, 0.5) is 0 Å². The molecule has 0 aromatic carbocycles. The van der Waals surface area contributed by atoms with Gasteiger partial charge < -0.3 is 16.4 Å². The Kier molecular flexibility index (Phi) is 3.48. The van der Waals surface area contributed by atoms with Crippen molar-refractivity contribution in [3.05, 3.63) is 0 Å². The van der Waals surface area contributed by atoms with E-state index >= 15 is 0 Å². The van der Waals surface area contributed by atoms with Crippen LogP contribution >= 0.6 is 0 Å². The zero-order valence-electron chi connectivity index (χ0n) is 7.75. The van der Waals surface area contributed by atoms with E-state index in [4.69, 9.17) is 12.2 Å². The van der Waals surface area contributed by atoms with E-state index in [1.54, 1.807) is 0 Å². The highest BCUT2D eigenvalue weighted by Gasteiger charge is 2.26. The van der Waals surface area contributed by atoms with Gasteiger partial charge in [-0.15, -0.1) is 6.42 Å². The number of carbonyl (C=O) groups excluding carboxylic acids is 2. The number of nitrogens with one attached hydrogen (secondary N) is 2. The second-order valence-electron chi connectivity index (χ2n) is 3.19. The standard InChI is InChI=1S/C9H13N3O2/c1-2-6(5-8(10)13)12-9(14)7-3-4-11-7/h1,6-7,11H,3-5H2,(H2,10,13)(H,12,14)/t6-,7?/m1/s1. The minimum Gasteiger partial charge on any atom is -0.370 e. The van der Waals surface area contributed by atoms with Gasteiger partial charge in [0.2, 0.25) is 11.8 Å². The van der Waals surface area contributed by atoms with Crippen LogP contribution in [0.25, 0.3) is 0 Å². The van der Waals surface area contributed by atoms with Gasteiger partial charge in [-0.1, -0.05) is 5.92 Å². The van der Waals surface area contributed by atoms with E-state index in [2.05, 4.69) is 16.6 Å². The maximum absolute atomic E-state index is 11.4. The predicted octanol–water partition coefficient (Wildman–Crippen LogP) is -1.66. The molecule has 5 heteroatoms. The lowest BCUT2D eigenvalue weighted by molar-refractivity contribution is -0.125. The summed E-state index contributed by atoms with van der Waals surface area (Å²) in [6.45, 7) is 0.842. The van der Waals surface area contributed by atoms with Crippen molar-refractivity contribution in [3.8, 4) is 12.3 Å². The average molecular weight is 195 g/mol. The Labute approximate surface area is 82.4 Å². The Morgan fingerprint density at radius 2 is 2.36 bits per heavy atom. The van der Waals surface area contributed by atoms with E-state index in [0.29, 0.717) is 0 Å². The van der Waals surface area contributed by atoms with Crippen LogP contribution in [-0.2, 0) is 9.59 Å². The molecule has 0 aliphatic carbocycles. The van der Waals surface area contributed by atoms with Crippen molar-refractivity contribution < 1.29 is 9.59 Å². The molecule has 4 N–H and O–H groups in total. The normalized spacial score (nSPS) is 21.5. The zero-order valence-corrected chi connectivity index (χ0v) is 7.75. The Morgan fingerprint density at radius 3 is 2.71 bits per heavy atom. The minimum atomic E-state index is -0.595. The number of rotatable bonds is 4. The fourth-order valence-corrected chi connectivity index (χ4v) is 1.14. The fourth-order valence-electron chi connectivity index (χ4n) is 1.14. The molecule has 1 saturated heterocycles. The van der Waals surface area contributed by atoms with Gasteiger partial charge in [-0.2, -0.15) is 0 Å². The van der Waals surface area contributed by atoms with E-state index in [0.717, 1.165) is 13.0 Å². The number of hydrogen-bond acceptors (Lipinski definition) is 3. The lowest BCUT2D eigenvalue weighted by atomic mass is 10.1. The first kappa shape index (κ1) is 10.5. The average Bonchev–Trinajstić information content (AvgIpc) is 1.98. The fraction of sp³-hybridized carbons (Fsp3) is 0.556. The number of nitrogens with two attached hydrogens (primary N) is 1. The summed E-state index contributed by atoms with van der Waals surface area (Å²) in [4.78, 5) is 21.9. The third-order valence-corrected chi connectivity index (χ3v) is 2.06. The smallest absolute Gasteiger partial charge is 0.238 e. The van der Waals surface area contributed by atoms with Gasteiger partial charge in [0, 0.05) is 0 Å². The molecule has 0 bridgehead atoms. The second kappa shape index (κ2) is 4.63. The first-order chi connectivity index (χ1) is 6.63. The molecule has 1 fully saturated rings. The third-order valence-electron chi connectivity index (χ3n) is 2.06. The van der Waals surface area contributed by atoms with Gasteiger partial charge in [0.05, 0.1) is 18.5 Å². The monoisotopic (exact) mass is 195 g/mol. The van der Waals surface area contributed by atoms with Crippen molar-refractivity contribution in [3.63, 3.8) is 0 Å². The molecule has 76 valence electrons. The van der Waals surface area contributed by atoms with Gasteiger partial charge in [0.1, 0.15) is 0 Å². The summed E-state index contributed by atoms with van der Waals surface area (Å²) in [6, 6.07) is -0.763. The quantitative estimate of drug-likeness (QED) is 0.469. The Morgan fingerprint density at radius 1 is 1.71 bits per heavy atom. The van der Waals surface area contributed by atoms with Crippen LogP contribution in [0.15, 0.2) is 0 Å². The molecular formula is C9H13N3O2. The van der Waals surface area contributed by atoms with E-state index in [-0.39, 0.29) is 18.4 Å². The number of hydrogen-bond donors (Lipinski definition) is 3. The predicted molar refractivity (Wildman–Crippen MR) is 51.0 cm³/mol. The summed E-state index contributed by atoms with van der Waals surface area (Å²) in [7, 11) is 0. The highest BCUT2D eigenvalue weighted by atomic mass is 16.2. The minimum absolute atomic E-state index is 0.0189. The summed E-state index contributed by atoms with van der Waals surface area (Å²) in [5, 5.41) is 5.49. The molecule has 2 atom stereocenters. The van der Waals surface area contributed by atoms with Gasteiger partial charge in [-0.25, -0.2) is 0 Å². The van der Waals surface area contributed by atoms with Crippen molar-refractivity contribution in [2.45, 2.75) is 24.9 Å². The van der Waals surface area contributed by atoms with Gasteiger partial charge in [0.25, 0.3) is 0 Å². The molecule has 1 unspecified atom stereocenters. The van der Waals surface area contributed by atoms with Gasteiger partial charge in [-0.3, -0.25) is 9.59 Å². The number of carbonyl (C=O) groups is 2. The van der Waals surface area contributed by atoms with Crippen molar-refractivity contribution in [1.82, 2.24) is 10.6 Å². The lowest BCUT2D eigenvalue weighted by Gasteiger charge is -2.27. The highest BCUT2D eigenvalue weighted by molar-refractivity contribution is 5.84. The Balaban J connectivity index is 2.36. The van der Waals surface area contributed by atoms with Crippen LogP contribution in [0.5, 0.6) is 0 Å². The topological polar surface area (TPSA) is 84.2 Å². The summed E-state index contributed by atoms with van der Waals surface area (Å²) >= 11 is 0. The molecule has 1 aliphatic heterocycles. The summed E-state index contributed by atoms with van der Waals surface area (Å²) in [6.07, 6.45) is 5.92. The van der Waals surface area contributed by atoms with E-state index in [9.17, 15) is 9.59 Å². The van der Waals surface area contributed by atoms with E-state index < -0.39 is 11.9 Å². The van der Waals surface area contributed by atoms with Crippen LogP contribution in [-0.4, -0.2) is 30.4 Å².